The summed E-state index contributed by atoms with van der Waals surface area (Å²) in [6.07, 6.45) is 6.92. The lowest BCUT2D eigenvalue weighted by Crippen LogP contribution is -2.44. The number of hydrogen-bond acceptors (Lipinski definition) is 3. The molecule has 0 heterocycles. The molecule has 3 nitrogen and oxygen atoms in total. The molecule has 110 valence electrons. The lowest BCUT2D eigenvalue weighted by Gasteiger charge is -2.32. The van der Waals surface area contributed by atoms with E-state index in [1.54, 1.807) is 11.8 Å². The van der Waals surface area contributed by atoms with E-state index in [4.69, 9.17) is 0 Å². The van der Waals surface area contributed by atoms with Crippen LogP contribution in [0.15, 0.2) is 24.3 Å². The summed E-state index contributed by atoms with van der Waals surface area (Å²) in [6, 6.07) is 7.69. The minimum Gasteiger partial charge on any atom is -0.388 e. The fourth-order valence-electron chi connectivity index (χ4n) is 2.70. The molecule has 1 aromatic carbocycles. The molecule has 0 spiro atoms. The van der Waals surface area contributed by atoms with E-state index in [1.807, 2.05) is 30.5 Å². The number of aliphatic hydroxyl groups is 1. The van der Waals surface area contributed by atoms with Crippen molar-refractivity contribution in [2.24, 2.45) is 0 Å². The summed E-state index contributed by atoms with van der Waals surface area (Å²) in [5.41, 5.74) is 1.13. The first-order valence-corrected chi connectivity index (χ1v) is 8.61. The summed E-state index contributed by atoms with van der Waals surface area (Å²) in [5.74, 6) is 0.817. The number of carbonyl (C=O) groups is 1. The van der Waals surface area contributed by atoms with Crippen LogP contribution >= 0.6 is 11.8 Å². The summed E-state index contributed by atoms with van der Waals surface area (Å²) in [5, 5.41) is 13.3. The number of thioether (sulfide) groups is 1. The van der Waals surface area contributed by atoms with Gasteiger partial charge in [-0.25, -0.2) is 0 Å². The normalized spacial score (nSPS) is 17.7. The van der Waals surface area contributed by atoms with Crippen molar-refractivity contribution in [2.45, 2.75) is 43.5 Å². The van der Waals surface area contributed by atoms with Gasteiger partial charge in [-0.2, -0.15) is 11.8 Å². The van der Waals surface area contributed by atoms with E-state index < -0.39 is 5.60 Å². The molecule has 0 bridgehead atoms. The molecule has 1 aromatic rings. The standard InChI is InChI=1S/C16H23NO2S/c1-20-11-13-6-5-7-14(10-13)15(18)17-12-16(19)8-3-2-4-9-16/h5-7,10,19H,2-4,8-9,11-12H2,1H3,(H,17,18). The largest absolute Gasteiger partial charge is 0.388 e. The molecule has 1 aliphatic rings. The van der Waals surface area contributed by atoms with Crippen molar-refractivity contribution in [1.82, 2.24) is 5.32 Å². The third-order valence-corrected chi connectivity index (χ3v) is 4.48. The van der Waals surface area contributed by atoms with Crippen LogP contribution in [0.2, 0.25) is 0 Å². The Morgan fingerprint density at radius 2 is 2.10 bits per heavy atom. The summed E-state index contributed by atoms with van der Waals surface area (Å²) in [6.45, 7) is 0.360. The Balaban J connectivity index is 1.92. The van der Waals surface area contributed by atoms with Crippen LogP contribution in [-0.2, 0) is 5.75 Å². The molecular weight excluding hydrogens is 270 g/mol. The van der Waals surface area contributed by atoms with E-state index in [9.17, 15) is 9.90 Å². The number of amides is 1. The van der Waals surface area contributed by atoms with Crippen molar-refractivity contribution in [3.8, 4) is 0 Å². The van der Waals surface area contributed by atoms with Gasteiger partial charge in [-0.05, 0) is 36.8 Å². The van der Waals surface area contributed by atoms with Crippen LogP contribution in [0, 0.1) is 0 Å². The van der Waals surface area contributed by atoms with Crippen molar-refractivity contribution in [2.75, 3.05) is 12.8 Å². The van der Waals surface area contributed by atoms with Crippen LogP contribution in [0.3, 0.4) is 0 Å². The first-order chi connectivity index (χ1) is 9.63. The molecule has 0 radical (unpaired) electrons. The first kappa shape index (κ1) is 15.4. The van der Waals surface area contributed by atoms with E-state index >= 15 is 0 Å². The van der Waals surface area contributed by atoms with Crippen molar-refractivity contribution in [3.05, 3.63) is 35.4 Å². The molecule has 0 saturated heterocycles. The third kappa shape index (κ3) is 4.25. The SMILES string of the molecule is CSCc1cccc(C(=O)NCC2(O)CCCCC2)c1. The fourth-order valence-corrected chi connectivity index (χ4v) is 3.22. The molecule has 2 N–H and O–H groups in total. The molecule has 1 fully saturated rings. The number of benzene rings is 1. The molecule has 4 heteroatoms. The van der Waals surface area contributed by atoms with Gasteiger partial charge >= 0.3 is 0 Å². The van der Waals surface area contributed by atoms with Crippen LogP contribution < -0.4 is 5.32 Å². The van der Waals surface area contributed by atoms with Crippen molar-refractivity contribution in [1.29, 1.82) is 0 Å². The molecule has 1 saturated carbocycles. The topological polar surface area (TPSA) is 49.3 Å². The zero-order valence-corrected chi connectivity index (χ0v) is 12.8. The van der Waals surface area contributed by atoms with Crippen LogP contribution in [-0.4, -0.2) is 29.4 Å². The molecule has 0 atom stereocenters. The zero-order valence-electron chi connectivity index (χ0n) is 12.0. The van der Waals surface area contributed by atoms with Gasteiger partial charge in [0.1, 0.15) is 0 Å². The number of rotatable bonds is 5. The van der Waals surface area contributed by atoms with E-state index in [-0.39, 0.29) is 5.91 Å². The van der Waals surface area contributed by atoms with Gasteiger partial charge in [0.05, 0.1) is 5.60 Å². The minimum atomic E-state index is -0.704. The second-order valence-electron chi connectivity index (χ2n) is 5.60. The Hall–Kier alpha value is -1.00. The molecule has 0 aromatic heterocycles. The summed E-state index contributed by atoms with van der Waals surface area (Å²) in [7, 11) is 0. The highest BCUT2D eigenvalue weighted by Crippen LogP contribution is 2.27. The summed E-state index contributed by atoms with van der Waals surface area (Å²) < 4.78 is 0. The maximum Gasteiger partial charge on any atom is 0.251 e. The molecule has 20 heavy (non-hydrogen) atoms. The Morgan fingerprint density at radius 1 is 1.35 bits per heavy atom. The summed E-state index contributed by atoms with van der Waals surface area (Å²) >= 11 is 1.74. The maximum absolute atomic E-state index is 12.2. The molecule has 2 rings (SSSR count). The Labute approximate surface area is 125 Å². The van der Waals surface area contributed by atoms with Gasteiger partial charge in [-0.1, -0.05) is 31.4 Å². The van der Waals surface area contributed by atoms with E-state index in [0.29, 0.717) is 12.1 Å². The predicted octanol–water partition coefficient (Wildman–Crippen LogP) is 2.97. The average molecular weight is 293 g/mol. The number of hydrogen-bond donors (Lipinski definition) is 2. The number of nitrogens with one attached hydrogen (secondary N) is 1. The quantitative estimate of drug-likeness (QED) is 0.877. The molecule has 0 unspecified atom stereocenters. The van der Waals surface area contributed by atoms with Crippen molar-refractivity contribution < 1.29 is 9.90 Å². The second-order valence-corrected chi connectivity index (χ2v) is 6.47. The molecule has 1 aliphatic carbocycles. The second kappa shape index (κ2) is 7.14. The monoisotopic (exact) mass is 293 g/mol. The fraction of sp³-hybridized carbons (Fsp3) is 0.562. The zero-order chi connectivity index (χ0) is 14.4. The van der Waals surface area contributed by atoms with Crippen molar-refractivity contribution >= 4 is 17.7 Å². The molecular formula is C16H23NO2S. The average Bonchev–Trinajstić information content (AvgIpc) is 2.46. The minimum absolute atomic E-state index is 0.0908. The highest BCUT2D eigenvalue weighted by molar-refractivity contribution is 7.97. The van der Waals surface area contributed by atoms with Crippen LogP contribution in [0.1, 0.15) is 48.0 Å². The van der Waals surface area contributed by atoms with Gasteiger partial charge in [-0.15, -0.1) is 0 Å². The van der Waals surface area contributed by atoms with Gasteiger partial charge in [0.2, 0.25) is 0 Å². The van der Waals surface area contributed by atoms with Crippen LogP contribution in [0.4, 0.5) is 0 Å². The van der Waals surface area contributed by atoms with Gasteiger partial charge in [0.25, 0.3) is 5.91 Å². The lowest BCUT2D eigenvalue weighted by atomic mass is 9.85. The van der Waals surface area contributed by atoms with Crippen molar-refractivity contribution in [3.63, 3.8) is 0 Å². The van der Waals surface area contributed by atoms with Gasteiger partial charge < -0.3 is 10.4 Å². The lowest BCUT2D eigenvalue weighted by molar-refractivity contribution is 0.00526. The Kier molecular flexibility index (Phi) is 5.49. The van der Waals surface area contributed by atoms with E-state index in [0.717, 1.165) is 37.0 Å². The van der Waals surface area contributed by atoms with Gasteiger partial charge in [0, 0.05) is 17.9 Å². The first-order valence-electron chi connectivity index (χ1n) is 7.21. The maximum atomic E-state index is 12.2. The smallest absolute Gasteiger partial charge is 0.251 e. The Morgan fingerprint density at radius 3 is 2.80 bits per heavy atom. The number of carbonyl (C=O) groups excluding carboxylic acids is 1. The van der Waals surface area contributed by atoms with Crippen LogP contribution in [0.5, 0.6) is 0 Å². The molecule has 1 amide bonds. The highest BCUT2D eigenvalue weighted by atomic mass is 32.2. The van der Waals surface area contributed by atoms with Gasteiger partial charge in [-0.3, -0.25) is 4.79 Å². The third-order valence-electron chi connectivity index (χ3n) is 3.86. The van der Waals surface area contributed by atoms with Crippen LogP contribution in [0.25, 0.3) is 0 Å². The Bertz CT molecular complexity index is 456. The van der Waals surface area contributed by atoms with E-state index in [2.05, 4.69) is 5.32 Å². The highest BCUT2D eigenvalue weighted by Gasteiger charge is 2.29. The van der Waals surface area contributed by atoms with E-state index in [1.165, 1.54) is 6.42 Å². The molecule has 0 aliphatic heterocycles. The predicted molar refractivity (Wildman–Crippen MR) is 84.0 cm³/mol. The van der Waals surface area contributed by atoms with Gasteiger partial charge in [0.15, 0.2) is 0 Å². The summed E-state index contributed by atoms with van der Waals surface area (Å²) in [4.78, 5) is 12.2.